The van der Waals surface area contributed by atoms with Crippen molar-refractivity contribution in [3.63, 3.8) is 0 Å². The van der Waals surface area contributed by atoms with E-state index in [9.17, 15) is 13.2 Å². The van der Waals surface area contributed by atoms with E-state index < -0.39 is 11.7 Å². The Labute approximate surface area is 129 Å². The molecule has 2 aromatic rings. The second kappa shape index (κ2) is 6.52. The van der Waals surface area contributed by atoms with Gasteiger partial charge >= 0.3 is 6.18 Å². The molecule has 112 valence electrons. The zero-order valence-electron chi connectivity index (χ0n) is 11.3. The van der Waals surface area contributed by atoms with Crippen LogP contribution < -0.4 is 4.74 Å². The molecule has 2 rings (SSSR count). The van der Waals surface area contributed by atoms with Crippen LogP contribution in [-0.4, -0.2) is 7.11 Å². The molecule has 0 aromatic heterocycles. The maximum Gasteiger partial charge on any atom is 0.416 e. The molecule has 1 atom stereocenters. The van der Waals surface area contributed by atoms with Crippen molar-refractivity contribution in [2.24, 2.45) is 0 Å². The highest BCUT2D eigenvalue weighted by molar-refractivity contribution is 9.09. The Hall–Kier alpha value is -1.49. The van der Waals surface area contributed by atoms with E-state index in [1.807, 2.05) is 24.3 Å². The number of para-hydroxylation sites is 1. The van der Waals surface area contributed by atoms with E-state index >= 15 is 0 Å². The first-order valence-corrected chi connectivity index (χ1v) is 7.26. The molecule has 0 N–H and O–H groups in total. The number of hydrogen-bond donors (Lipinski definition) is 0. The van der Waals surface area contributed by atoms with Crippen LogP contribution in [-0.2, 0) is 12.6 Å². The number of methoxy groups -OCH3 is 1. The molecular formula is C16H14BrF3O. The zero-order valence-corrected chi connectivity index (χ0v) is 12.9. The topological polar surface area (TPSA) is 9.23 Å². The van der Waals surface area contributed by atoms with Crippen molar-refractivity contribution >= 4 is 15.9 Å². The summed E-state index contributed by atoms with van der Waals surface area (Å²) in [4.78, 5) is -0.0228. The third-order valence-electron chi connectivity index (χ3n) is 3.17. The molecule has 0 heterocycles. The summed E-state index contributed by atoms with van der Waals surface area (Å²) >= 11 is 3.57. The number of alkyl halides is 4. The molecule has 0 bridgehead atoms. The highest BCUT2D eigenvalue weighted by Crippen LogP contribution is 2.34. The Morgan fingerprint density at radius 2 is 1.67 bits per heavy atom. The van der Waals surface area contributed by atoms with Crippen LogP contribution in [0, 0.1) is 0 Å². The average Bonchev–Trinajstić information content (AvgIpc) is 2.46. The smallest absolute Gasteiger partial charge is 0.416 e. The Morgan fingerprint density at radius 1 is 1.05 bits per heavy atom. The molecule has 0 aliphatic rings. The fourth-order valence-corrected chi connectivity index (χ4v) is 2.82. The largest absolute Gasteiger partial charge is 0.496 e. The number of hydrogen-bond acceptors (Lipinski definition) is 1. The number of rotatable bonds is 4. The zero-order chi connectivity index (χ0) is 15.5. The maximum atomic E-state index is 12.5. The Kier molecular flexibility index (Phi) is 4.93. The van der Waals surface area contributed by atoms with Gasteiger partial charge in [-0.1, -0.05) is 46.3 Å². The third-order valence-corrected chi connectivity index (χ3v) is 3.99. The van der Waals surface area contributed by atoms with Crippen LogP contribution in [0.15, 0.2) is 48.5 Å². The highest BCUT2D eigenvalue weighted by Gasteiger charge is 2.30. The second-order valence-electron chi connectivity index (χ2n) is 4.61. The summed E-state index contributed by atoms with van der Waals surface area (Å²) in [5.41, 5.74) is 1.17. The molecule has 0 aliphatic heterocycles. The Morgan fingerprint density at radius 3 is 2.24 bits per heavy atom. The molecule has 0 fully saturated rings. The molecule has 0 amide bonds. The lowest BCUT2D eigenvalue weighted by Crippen LogP contribution is -2.05. The van der Waals surface area contributed by atoms with Gasteiger partial charge in [-0.3, -0.25) is 0 Å². The lowest BCUT2D eigenvalue weighted by molar-refractivity contribution is -0.137. The van der Waals surface area contributed by atoms with Gasteiger partial charge in [0.2, 0.25) is 0 Å². The fourth-order valence-electron chi connectivity index (χ4n) is 2.07. The fraction of sp³-hybridized carbons (Fsp3) is 0.250. The van der Waals surface area contributed by atoms with Gasteiger partial charge < -0.3 is 4.74 Å². The molecule has 5 heteroatoms. The van der Waals surface area contributed by atoms with Crippen molar-refractivity contribution in [3.05, 3.63) is 65.2 Å². The van der Waals surface area contributed by atoms with E-state index in [1.165, 1.54) is 12.1 Å². The first kappa shape index (κ1) is 15.9. The normalized spacial score (nSPS) is 13.0. The van der Waals surface area contributed by atoms with E-state index in [0.717, 1.165) is 29.0 Å². The number of ether oxygens (including phenoxy) is 1. The minimum absolute atomic E-state index is 0.0228. The summed E-state index contributed by atoms with van der Waals surface area (Å²) in [7, 11) is 1.59. The standard InChI is InChI=1S/C16H14BrF3O/c1-21-15-5-3-2-4-13(15)14(17)10-11-6-8-12(9-7-11)16(18,19)20/h2-9,14H,10H2,1H3. The summed E-state index contributed by atoms with van der Waals surface area (Å²) < 4.78 is 42.8. The Balaban J connectivity index is 2.14. The number of halogens is 4. The third kappa shape index (κ3) is 4.00. The summed E-state index contributed by atoms with van der Waals surface area (Å²) in [6, 6.07) is 12.8. The van der Waals surface area contributed by atoms with E-state index in [-0.39, 0.29) is 4.83 Å². The van der Waals surface area contributed by atoms with Crippen LogP contribution in [0.1, 0.15) is 21.5 Å². The molecule has 0 saturated carbocycles. The molecule has 0 aliphatic carbocycles. The van der Waals surface area contributed by atoms with Crippen LogP contribution >= 0.6 is 15.9 Å². The van der Waals surface area contributed by atoms with Crippen molar-refractivity contribution in [2.45, 2.75) is 17.4 Å². The van der Waals surface area contributed by atoms with Gasteiger partial charge in [0.25, 0.3) is 0 Å². The Bertz CT molecular complexity index is 593. The van der Waals surface area contributed by atoms with E-state index in [1.54, 1.807) is 7.11 Å². The molecule has 2 aromatic carbocycles. The molecule has 1 nitrogen and oxygen atoms in total. The summed E-state index contributed by atoms with van der Waals surface area (Å²) in [5.74, 6) is 0.756. The molecule has 1 unspecified atom stereocenters. The van der Waals surface area contributed by atoms with Gasteiger partial charge in [0, 0.05) is 10.4 Å². The first-order valence-electron chi connectivity index (χ1n) is 6.35. The van der Waals surface area contributed by atoms with Crippen LogP contribution in [0.3, 0.4) is 0 Å². The first-order chi connectivity index (χ1) is 9.91. The van der Waals surface area contributed by atoms with Gasteiger partial charge in [-0.2, -0.15) is 13.2 Å². The maximum absolute atomic E-state index is 12.5. The van der Waals surface area contributed by atoms with E-state index in [4.69, 9.17) is 4.74 Å². The molecule has 0 saturated heterocycles. The summed E-state index contributed by atoms with van der Waals surface area (Å²) in [6.45, 7) is 0. The average molecular weight is 359 g/mol. The predicted octanol–water partition coefficient (Wildman–Crippen LogP) is 5.39. The van der Waals surface area contributed by atoms with Crippen molar-refractivity contribution in [1.29, 1.82) is 0 Å². The van der Waals surface area contributed by atoms with Gasteiger partial charge in [-0.25, -0.2) is 0 Å². The van der Waals surface area contributed by atoms with Gasteiger partial charge in [0.05, 0.1) is 12.7 Å². The van der Waals surface area contributed by atoms with Crippen LogP contribution in [0.4, 0.5) is 13.2 Å². The number of benzene rings is 2. The van der Waals surface area contributed by atoms with Gasteiger partial charge in [-0.05, 0) is 30.2 Å². The monoisotopic (exact) mass is 358 g/mol. The van der Waals surface area contributed by atoms with Crippen molar-refractivity contribution in [3.8, 4) is 5.75 Å². The molecular weight excluding hydrogens is 345 g/mol. The van der Waals surface area contributed by atoms with Crippen LogP contribution in [0.2, 0.25) is 0 Å². The van der Waals surface area contributed by atoms with Gasteiger partial charge in [0.1, 0.15) is 5.75 Å². The van der Waals surface area contributed by atoms with E-state index in [0.29, 0.717) is 6.42 Å². The van der Waals surface area contributed by atoms with Crippen molar-refractivity contribution < 1.29 is 17.9 Å². The quantitative estimate of drug-likeness (QED) is 0.665. The summed E-state index contributed by atoms with van der Waals surface area (Å²) in [5, 5.41) is 0. The van der Waals surface area contributed by atoms with Crippen LogP contribution in [0.5, 0.6) is 5.75 Å². The minimum atomic E-state index is -4.30. The lowest BCUT2D eigenvalue weighted by Gasteiger charge is -2.14. The summed E-state index contributed by atoms with van der Waals surface area (Å²) in [6.07, 6.45) is -3.71. The molecule has 21 heavy (non-hydrogen) atoms. The second-order valence-corrected chi connectivity index (χ2v) is 5.71. The SMILES string of the molecule is COc1ccccc1C(Br)Cc1ccc(C(F)(F)F)cc1. The molecule has 0 spiro atoms. The van der Waals surface area contributed by atoms with Crippen LogP contribution in [0.25, 0.3) is 0 Å². The van der Waals surface area contributed by atoms with Crippen molar-refractivity contribution in [2.75, 3.05) is 7.11 Å². The lowest BCUT2D eigenvalue weighted by atomic mass is 10.0. The van der Waals surface area contributed by atoms with Gasteiger partial charge in [0.15, 0.2) is 0 Å². The predicted molar refractivity (Wildman–Crippen MR) is 79.8 cm³/mol. The highest BCUT2D eigenvalue weighted by atomic mass is 79.9. The van der Waals surface area contributed by atoms with Gasteiger partial charge in [-0.15, -0.1) is 0 Å². The van der Waals surface area contributed by atoms with Crippen molar-refractivity contribution in [1.82, 2.24) is 0 Å². The minimum Gasteiger partial charge on any atom is -0.496 e. The molecule has 0 radical (unpaired) electrons. The van der Waals surface area contributed by atoms with E-state index in [2.05, 4.69) is 15.9 Å².